The molecule has 4 N–H and O–H groups in total. The lowest BCUT2D eigenvalue weighted by Gasteiger charge is -2.21. The van der Waals surface area contributed by atoms with E-state index in [1.54, 1.807) is 12.1 Å². The van der Waals surface area contributed by atoms with Gasteiger partial charge >= 0.3 is 0 Å². The standard InChI is InChI=1S/C17H21N3O/c1-3-12-4-6-13(7-5-12)11-20(2)16-9-8-14(17(19)21)10-15(16)18/h4-10H,3,11,18H2,1-2H3,(H2,19,21). The van der Waals surface area contributed by atoms with E-state index in [4.69, 9.17) is 11.5 Å². The van der Waals surface area contributed by atoms with Gasteiger partial charge in [-0.05, 0) is 35.7 Å². The first kappa shape index (κ1) is 14.9. The average Bonchev–Trinajstić information content (AvgIpc) is 2.47. The van der Waals surface area contributed by atoms with Gasteiger partial charge in [-0.15, -0.1) is 0 Å². The second-order valence-corrected chi connectivity index (χ2v) is 5.16. The summed E-state index contributed by atoms with van der Waals surface area (Å²) in [5, 5.41) is 0. The summed E-state index contributed by atoms with van der Waals surface area (Å²) >= 11 is 0. The van der Waals surface area contributed by atoms with E-state index < -0.39 is 5.91 Å². The number of nitrogen functional groups attached to an aromatic ring is 1. The van der Waals surface area contributed by atoms with E-state index in [-0.39, 0.29) is 0 Å². The Bertz CT molecular complexity index is 635. The van der Waals surface area contributed by atoms with Gasteiger partial charge in [0.1, 0.15) is 0 Å². The van der Waals surface area contributed by atoms with Crippen molar-refractivity contribution >= 4 is 17.3 Å². The number of nitrogens with two attached hydrogens (primary N) is 2. The number of anilines is 2. The number of carbonyl (C=O) groups excluding carboxylic acids is 1. The van der Waals surface area contributed by atoms with Gasteiger partial charge in [-0.3, -0.25) is 4.79 Å². The minimum absolute atomic E-state index is 0.428. The first-order chi connectivity index (χ1) is 10.0. The molecular formula is C17H21N3O. The molecule has 0 aromatic heterocycles. The third-order valence-corrected chi connectivity index (χ3v) is 3.57. The van der Waals surface area contributed by atoms with Crippen LogP contribution >= 0.6 is 0 Å². The molecule has 0 radical (unpaired) electrons. The number of hydrogen-bond acceptors (Lipinski definition) is 3. The molecule has 0 saturated carbocycles. The Balaban J connectivity index is 2.15. The van der Waals surface area contributed by atoms with Crippen LogP contribution < -0.4 is 16.4 Å². The van der Waals surface area contributed by atoms with Crippen molar-refractivity contribution in [1.29, 1.82) is 0 Å². The summed E-state index contributed by atoms with van der Waals surface area (Å²) < 4.78 is 0. The summed E-state index contributed by atoms with van der Waals surface area (Å²) in [6, 6.07) is 13.7. The van der Waals surface area contributed by atoms with Crippen molar-refractivity contribution in [3.63, 3.8) is 0 Å². The SMILES string of the molecule is CCc1ccc(CN(C)c2ccc(C(N)=O)cc2N)cc1. The maximum atomic E-state index is 11.1. The predicted molar refractivity (Wildman–Crippen MR) is 87.3 cm³/mol. The summed E-state index contributed by atoms with van der Waals surface area (Å²) in [6.07, 6.45) is 1.04. The Labute approximate surface area is 125 Å². The van der Waals surface area contributed by atoms with E-state index in [0.717, 1.165) is 18.7 Å². The normalized spacial score (nSPS) is 10.4. The van der Waals surface area contributed by atoms with Crippen molar-refractivity contribution in [2.45, 2.75) is 19.9 Å². The first-order valence-corrected chi connectivity index (χ1v) is 6.99. The number of hydrogen-bond donors (Lipinski definition) is 2. The van der Waals surface area contributed by atoms with Crippen LogP contribution in [-0.2, 0) is 13.0 Å². The van der Waals surface area contributed by atoms with E-state index in [9.17, 15) is 4.79 Å². The number of aryl methyl sites for hydroxylation is 1. The fourth-order valence-electron chi connectivity index (χ4n) is 2.29. The largest absolute Gasteiger partial charge is 0.397 e. The van der Waals surface area contributed by atoms with Crippen molar-refractivity contribution in [2.24, 2.45) is 5.73 Å². The van der Waals surface area contributed by atoms with Crippen LogP contribution in [0.15, 0.2) is 42.5 Å². The minimum Gasteiger partial charge on any atom is -0.397 e. The molecule has 21 heavy (non-hydrogen) atoms. The highest BCUT2D eigenvalue weighted by molar-refractivity contribution is 5.94. The van der Waals surface area contributed by atoms with Crippen molar-refractivity contribution in [3.05, 3.63) is 59.2 Å². The van der Waals surface area contributed by atoms with Crippen LogP contribution in [0.5, 0.6) is 0 Å². The summed E-state index contributed by atoms with van der Waals surface area (Å²) in [5.74, 6) is -0.467. The third-order valence-electron chi connectivity index (χ3n) is 3.57. The number of carbonyl (C=O) groups is 1. The molecule has 0 spiro atoms. The Morgan fingerprint density at radius 3 is 2.24 bits per heavy atom. The van der Waals surface area contributed by atoms with Crippen LogP contribution in [0.25, 0.3) is 0 Å². The maximum Gasteiger partial charge on any atom is 0.248 e. The van der Waals surface area contributed by atoms with Crippen LogP contribution in [0.3, 0.4) is 0 Å². The van der Waals surface area contributed by atoms with E-state index in [0.29, 0.717) is 11.3 Å². The van der Waals surface area contributed by atoms with Gasteiger partial charge in [0.25, 0.3) is 0 Å². The summed E-state index contributed by atoms with van der Waals surface area (Å²) in [6.45, 7) is 2.90. The third kappa shape index (κ3) is 3.54. The molecule has 0 atom stereocenters. The molecule has 0 aliphatic heterocycles. The number of nitrogens with zero attached hydrogens (tertiary/aromatic N) is 1. The van der Waals surface area contributed by atoms with Gasteiger partial charge in [0.2, 0.25) is 5.91 Å². The Kier molecular flexibility index (Phi) is 4.48. The van der Waals surface area contributed by atoms with E-state index in [1.165, 1.54) is 11.1 Å². The van der Waals surface area contributed by atoms with Gasteiger partial charge < -0.3 is 16.4 Å². The fraction of sp³-hybridized carbons (Fsp3) is 0.235. The van der Waals surface area contributed by atoms with Gasteiger partial charge in [-0.25, -0.2) is 0 Å². The van der Waals surface area contributed by atoms with Crippen LogP contribution in [0, 0.1) is 0 Å². The molecule has 1 amide bonds. The van der Waals surface area contributed by atoms with Gasteiger partial charge in [-0.2, -0.15) is 0 Å². The fourth-order valence-corrected chi connectivity index (χ4v) is 2.29. The van der Waals surface area contributed by atoms with E-state index >= 15 is 0 Å². The molecule has 2 aromatic carbocycles. The average molecular weight is 283 g/mol. The summed E-state index contributed by atoms with van der Waals surface area (Å²) in [5.41, 5.74) is 15.7. The van der Waals surface area contributed by atoms with E-state index in [2.05, 4.69) is 36.1 Å². The molecular weight excluding hydrogens is 262 g/mol. The van der Waals surface area contributed by atoms with E-state index in [1.807, 2.05) is 13.1 Å². The monoisotopic (exact) mass is 283 g/mol. The maximum absolute atomic E-state index is 11.1. The second-order valence-electron chi connectivity index (χ2n) is 5.16. The molecule has 0 fully saturated rings. The highest BCUT2D eigenvalue weighted by atomic mass is 16.1. The Hall–Kier alpha value is -2.49. The van der Waals surface area contributed by atoms with Crippen LogP contribution in [0.1, 0.15) is 28.4 Å². The van der Waals surface area contributed by atoms with Gasteiger partial charge in [0.05, 0.1) is 11.4 Å². The molecule has 0 unspecified atom stereocenters. The summed E-state index contributed by atoms with van der Waals surface area (Å²) in [7, 11) is 1.98. The zero-order chi connectivity index (χ0) is 15.4. The number of primary amides is 1. The van der Waals surface area contributed by atoms with Crippen LogP contribution in [-0.4, -0.2) is 13.0 Å². The highest BCUT2D eigenvalue weighted by Crippen LogP contribution is 2.24. The van der Waals surface area contributed by atoms with Crippen molar-refractivity contribution < 1.29 is 4.79 Å². The summed E-state index contributed by atoms with van der Waals surface area (Å²) in [4.78, 5) is 13.2. The number of benzene rings is 2. The zero-order valence-corrected chi connectivity index (χ0v) is 12.5. The number of amides is 1. The van der Waals surface area contributed by atoms with Gasteiger partial charge in [-0.1, -0.05) is 31.2 Å². The zero-order valence-electron chi connectivity index (χ0n) is 12.5. The van der Waals surface area contributed by atoms with Crippen molar-refractivity contribution in [1.82, 2.24) is 0 Å². The van der Waals surface area contributed by atoms with Crippen molar-refractivity contribution in [2.75, 3.05) is 17.7 Å². The highest BCUT2D eigenvalue weighted by Gasteiger charge is 2.09. The smallest absolute Gasteiger partial charge is 0.248 e. The Morgan fingerprint density at radius 1 is 1.10 bits per heavy atom. The second kappa shape index (κ2) is 6.31. The molecule has 0 heterocycles. The molecule has 0 saturated heterocycles. The predicted octanol–water partition coefficient (Wildman–Crippen LogP) is 2.57. The molecule has 4 nitrogen and oxygen atoms in total. The van der Waals surface area contributed by atoms with Gasteiger partial charge in [0.15, 0.2) is 0 Å². The Morgan fingerprint density at radius 2 is 1.71 bits per heavy atom. The topological polar surface area (TPSA) is 72.3 Å². The first-order valence-electron chi connectivity index (χ1n) is 6.99. The lowest BCUT2D eigenvalue weighted by Crippen LogP contribution is -2.19. The lowest BCUT2D eigenvalue weighted by molar-refractivity contribution is 0.100. The molecule has 2 rings (SSSR count). The van der Waals surface area contributed by atoms with Crippen LogP contribution in [0.4, 0.5) is 11.4 Å². The minimum atomic E-state index is -0.467. The number of rotatable bonds is 5. The lowest BCUT2D eigenvalue weighted by atomic mass is 10.1. The van der Waals surface area contributed by atoms with Gasteiger partial charge in [0, 0.05) is 19.2 Å². The molecule has 0 bridgehead atoms. The van der Waals surface area contributed by atoms with Crippen molar-refractivity contribution in [3.8, 4) is 0 Å². The molecule has 0 aliphatic carbocycles. The van der Waals surface area contributed by atoms with Crippen LogP contribution in [0.2, 0.25) is 0 Å². The molecule has 110 valence electrons. The molecule has 0 aliphatic rings. The molecule has 4 heteroatoms. The quantitative estimate of drug-likeness (QED) is 0.828. The molecule has 2 aromatic rings.